The summed E-state index contributed by atoms with van der Waals surface area (Å²) >= 11 is 1.33. The average molecular weight is 350 g/mol. The van der Waals surface area contributed by atoms with Gasteiger partial charge < -0.3 is 4.57 Å². The summed E-state index contributed by atoms with van der Waals surface area (Å²) in [5.74, 6) is -0.484. The summed E-state index contributed by atoms with van der Waals surface area (Å²) in [6.07, 6.45) is 0. The van der Waals surface area contributed by atoms with Crippen LogP contribution in [0.5, 0.6) is 0 Å². The Hall–Kier alpha value is -1.99. The summed E-state index contributed by atoms with van der Waals surface area (Å²) in [5, 5.41) is 0. The first-order valence-corrected chi connectivity index (χ1v) is 9.17. The third kappa shape index (κ3) is 2.82. The van der Waals surface area contributed by atoms with Crippen molar-refractivity contribution < 1.29 is 12.8 Å². The van der Waals surface area contributed by atoms with Gasteiger partial charge in [-0.25, -0.2) is 4.39 Å². The third-order valence-corrected chi connectivity index (χ3v) is 6.32. The number of thiazole rings is 1. The average Bonchev–Trinajstić information content (AvgIpc) is 2.81. The molecule has 3 rings (SSSR count). The molecule has 23 heavy (non-hydrogen) atoms. The fourth-order valence-electron chi connectivity index (χ4n) is 2.41. The second kappa shape index (κ2) is 5.58. The van der Waals surface area contributed by atoms with E-state index in [4.69, 9.17) is 0 Å². The minimum atomic E-state index is -3.88. The summed E-state index contributed by atoms with van der Waals surface area (Å²) < 4.78 is 44.5. The lowest BCUT2D eigenvalue weighted by Gasteiger charge is -2.02. The summed E-state index contributed by atoms with van der Waals surface area (Å²) in [6, 6.07) is 8.67. The third-order valence-electron chi connectivity index (χ3n) is 3.66. The highest BCUT2D eigenvalue weighted by Gasteiger charge is 2.15. The van der Waals surface area contributed by atoms with Gasteiger partial charge in [-0.05, 0) is 49.2 Å². The zero-order valence-corrected chi connectivity index (χ0v) is 14.5. The topological polar surface area (TPSA) is 51.4 Å². The number of hydrogen-bond donors (Lipinski definition) is 0. The van der Waals surface area contributed by atoms with Crippen LogP contribution in [-0.2, 0) is 17.1 Å². The first kappa shape index (κ1) is 15.9. The van der Waals surface area contributed by atoms with Crippen LogP contribution in [0.1, 0.15) is 11.1 Å². The molecular formula is C16H15FN2O2S2. The molecule has 0 saturated carbocycles. The number of aryl methyl sites for hydroxylation is 3. The number of fused-ring (bicyclic) bond motifs is 1. The SMILES string of the molecule is Cc1ccc(C)c2c1s/c(=N\S(=O)(=O)c1ccc(F)cc1)n2C. The molecule has 7 heteroatoms. The number of hydrogen-bond acceptors (Lipinski definition) is 3. The van der Waals surface area contributed by atoms with Gasteiger partial charge in [0.1, 0.15) is 5.82 Å². The molecule has 2 aromatic carbocycles. The molecule has 0 spiro atoms. The molecule has 0 amide bonds. The van der Waals surface area contributed by atoms with Crippen LogP contribution in [0, 0.1) is 19.7 Å². The fraction of sp³-hybridized carbons (Fsp3) is 0.188. The van der Waals surface area contributed by atoms with Gasteiger partial charge in [-0.15, -0.1) is 4.40 Å². The zero-order valence-electron chi connectivity index (χ0n) is 12.9. The van der Waals surface area contributed by atoms with Gasteiger partial charge in [-0.1, -0.05) is 23.5 Å². The van der Waals surface area contributed by atoms with Crippen molar-refractivity contribution in [3.8, 4) is 0 Å². The maximum absolute atomic E-state index is 13.0. The smallest absolute Gasteiger partial charge is 0.285 e. The molecule has 4 nitrogen and oxygen atoms in total. The molecule has 3 aromatic rings. The van der Waals surface area contributed by atoms with Gasteiger partial charge in [0.2, 0.25) is 4.80 Å². The zero-order chi connectivity index (χ0) is 16.8. The van der Waals surface area contributed by atoms with Gasteiger partial charge in [0.25, 0.3) is 10.0 Å². The molecule has 0 radical (unpaired) electrons. The van der Waals surface area contributed by atoms with E-state index < -0.39 is 15.8 Å². The highest BCUT2D eigenvalue weighted by atomic mass is 32.2. The molecule has 0 atom stereocenters. The summed E-state index contributed by atoms with van der Waals surface area (Å²) in [6.45, 7) is 3.96. The highest BCUT2D eigenvalue weighted by molar-refractivity contribution is 7.90. The van der Waals surface area contributed by atoms with Gasteiger partial charge in [0.15, 0.2) is 0 Å². The normalized spacial score (nSPS) is 13.0. The Labute approximate surface area is 137 Å². The first-order valence-electron chi connectivity index (χ1n) is 6.92. The van der Waals surface area contributed by atoms with Gasteiger partial charge in [0.05, 0.1) is 15.1 Å². The second-order valence-corrected chi connectivity index (χ2v) is 7.92. The lowest BCUT2D eigenvalue weighted by Crippen LogP contribution is -2.14. The molecule has 0 bridgehead atoms. The Bertz CT molecular complexity index is 1060. The van der Waals surface area contributed by atoms with Crippen molar-refractivity contribution >= 4 is 31.6 Å². The molecule has 0 aliphatic heterocycles. The number of rotatable bonds is 2. The summed E-state index contributed by atoms with van der Waals surface area (Å²) in [4.78, 5) is 0.367. The van der Waals surface area contributed by atoms with Gasteiger partial charge in [-0.3, -0.25) is 0 Å². The molecular weight excluding hydrogens is 335 g/mol. The van der Waals surface area contributed by atoms with Crippen molar-refractivity contribution in [3.05, 3.63) is 58.1 Å². The minimum absolute atomic E-state index is 0.0233. The Kier molecular flexibility index (Phi) is 3.85. The van der Waals surface area contributed by atoms with Crippen LogP contribution in [0.4, 0.5) is 4.39 Å². The van der Waals surface area contributed by atoms with Crippen molar-refractivity contribution in [2.75, 3.05) is 0 Å². The molecule has 0 aliphatic carbocycles. The molecule has 0 unspecified atom stereocenters. The maximum atomic E-state index is 13.0. The summed E-state index contributed by atoms with van der Waals surface area (Å²) in [5.41, 5.74) is 3.11. The number of sulfonamides is 1. The van der Waals surface area contributed by atoms with Crippen molar-refractivity contribution in [3.63, 3.8) is 0 Å². The molecule has 0 saturated heterocycles. The number of halogens is 1. The van der Waals surface area contributed by atoms with Crippen LogP contribution in [0.3, 0.4) is 0 Å². The van der Waals surface area contributed by atoms with E-state index in [-0.39, 0.29) is 4.90 Å². The van der Waals surface area contributed by atoms with Crippen molar-refractivity contribution in [2.24, 2.45) is 11.4 Å². The van der Waals surface area contributed by atoms with E-state index in [1.807, 2.05) is 26.0 Å². The Morgan fingerprint density at radius 3 is 2.26 bits per heavy atom. The number of benzene rings is 2. The predicted molar refractivity (Wildman–Crippen MR) is 89.4 cm³/mol. The van der Waals surface area contributed by atoms with E-state index >= 15 is 0 Å². The van der Waals surface area contributed by atoms with E-state index in [1.54, 1.807) is 11.6 Å². The fourth-order valence-corrected chi connectivity index (χ4v) is 4.80. The van der Waals surface area contributed by atoms with Gasteiger partial charge in [-0.2, -0.15) is 8.42 Å². The van der Waals surface area contributed by atoms with Gasteiger partial charge >= 0.3 is 0 Å². The van der Waals surface area contributed by atoms with E-state index in [1.165, 1.54) is 23.5 Å². The Morgan fingerprint density at radius 2 is 1.65 bits per heavy atom. The molecule has 0 N–H and O–H groups in total. The Balaban J connectivity index is 2.26. The van der Waals surface area contributed by atoms with Gasteiger partial charge in [0, 0.05) is 7.05 Å². The quantitative estimate of drug-likeness (QED) is 0.712. The monoisotopic (exact) mass is 350 g/mol. The minimum Gasteiger partial charge on any atom is -0.319 e. The second-order valence-electron chi connectivity index (χ2n) is 5.34. The van der Waals surface area contributed by atoms with Crippen molar-refractivity contribution in [1.29, 1.82) is 0 Å². The molecule has 0 aliphatic rings. The van der Waals surface area contributed by atoms with Crippen LogP contribution < -0.4 is 4.80 Å². The highest BCUT2D eigenvalue weighted by Crippen LogP contribution is 2.24. The van der Waals surface area contributed by atoms with Crippen LogP contribution in [-0.4, -0.2) is 13.0 Å². The largest absolute Gasteiger partial charge is 0.319 e. The molecule has 120 valence electrons. The van der Waals surface area contributed by atoms with E-state index in [0.717, 1.165) is 33.5 Å². The Morgan fingerprint density at radius 1 is 1.04 bits per heavy atom. The lowest BCUT2D eigenvalue weighted by atomic mass is 10.1. The van der Waals surface area contributed by atoms with Crippen LogP contribution >= 0.6 is 11.3 Å². The molecule has 0 fully saturated rings. The number of nitrogens with zero attached hydrogens (tertiary/aromatic N) is 2. The lowest BCUT2D eigenvalue weighted by molar-refractivity contribution is 0.595. The van der Waals surface area contributed by atoms with Crippen LogP contribution in [0.15, 0.2) is 45.7 Å². The molecule has 1 heterocycles. The van der Waals surface area contributed by atoms with Crippen molar-refractivity contribution in [1.82, 2.24) is 4.57 Å². The number of aromatic nitrogens is 1. The summed E-state index contributed by atoms with van der Waals surface area (Å²) in [7, 11) is -2.08. The molecule has 1 aromatic heterocycles. The first-order chi connectivity index (χ1) is 10.8. The maximum Gasteiger partial charge on any atom is 0.285 e. The van der Waals surface area contributed by atoms with E-state index in [2.05, 4.69) is 4.40 Å². The standard InChI is InChI=1S/C16H15FN2O2S2/c1-10-4-5-11(2)15-14(10)19(3)16(22-15)18-23(20,21)13-8-6-12(17)7-9-13/h4-9H,1-3H3/b18-16-. The predicted octanol–water partition coefficient (Wildman–Crippen LogP) is 3.29. The van der Waals surface area contributed by atoms with E-state index in [9.17, 15) is 12.8 Å². The van der Waals surface area contributed by atoms with Crippen LogP contribution in [0.2, 0.25) is 0 Å². The van der Waals surface area contributed by atoms with E-state index in [0.29, 0.717) is 4.80 Å². The van der Waals surface area contributed by atoms with Crippen molar-refractivity contribution in [2.45, 2.75) is 18.7 Å². The van der Waals surface area contributed by atoms with Crippen LogP contribution in [0.25, 0.3) is 10.2 Å².